The highest BCUT2D eigenvalue weighted by Gasteiger charge is 2.75. The lowest BCUT2D eigenvalue weighted by atomic mass is 9.80. The number of fused-ring (bicyclic) bond motifs is 1. The van der Waals surface area contributed by atoms with E-state index in [0.717, 1.165) is 0 Å². The molecule has 2 saturated heterocycles. The van der Waals surface area contributed by atoms with Crippen LogP contribution in [0.2, 0.25) is 0 Å². The van der Waals surface area contributed by atoms with E-state index in [2.05, 4.69) is 0 Å². The van der Waals surface area contributed by atoms with Crippen LogP contribution in [0.3, 0.4) is 0 Å². The third-order valence-electron chi connectivity index (χ3n) is 3.60. The molecular weight excluding hydrogens is 200 g/mol. The summed E-state index contributed by atoms with van der Waals surface area (Å²) in [5, 5.41) is 0. The van der Waals surface area contributed by atoms with Crippen LogP contribution in [-0.2, 0) is 23.7 Å². The van der Waals surface area contributed by atoms with Crippen LogP contribution in [0, 0.1) is 5.92 Å². The van der Waals surface area contributed by atoms with Crippen molar-refractivity contribution < 1.29 is 23.7 Å². The summed E-state index contributed by atoms with van der Waals surface area (Å²) >= 11 is 0. The van der Waals surface area contributed by atoms with Crippen LogP contribution in [0.15, 0.2) is 11.8 Å². The number of hydrogen-bond acceptors (Lipinski definition) is 5. The van der Waals surface area contributed by atoms with Gasteiger partial charge < -0.3 is 18.9 Å². The SMILES string of the molecule is COC1(OC)[C@H]2C=C3OC(=O)[C@@H]1[C@@]3(C)O2. The van der Waals surface area contributed by atoms with Gasteiger partial charge in [-0.3, -0.25) is 4.79 Å². The van der Waals surface area contributed by atoms with Crippen molar-refractivity contribution in [3.05, 3.63) is 11.8 Å². The summed E-state index contributed by atoms with van der Waals surface area (Å²) in [6.07, 6.45) is 1.39. The van der Waals surface area contributed by atoms with Gasteiger partial charge in [0.25, 0.3) is 0 Å². The van der Waals surface area contributed by atoms with Crippen molar-refractivity contribution in [2.24, 2.45) is 5.92 Å². The molecule has 3 aliphatic rings. The van der Waals surface area contributed by atoms with Gasteiger partial charge in [-0.1, -0.05) is 0 Å². The number of esters is 1. The van der Waals surface area contributed by atoms with Crippen LogP contribution in [0.4, 0.5) is 0 Å². The minimum absolute atomic E-state index is 0.340. The van der Waals surface area contributed by atoms with Gasteiger partial charge in [0.15, 0.2) is 0 Å². The molecule has 0 aromatic heterocycles. The molecule has 3 atom stereocenters. The average molecular weight is 212 g/mol. The fraction of sp³-hybridized carbons (Fsp3) is 0.700. The van der Waals surface area contributed by atoms with Gasteiger partial charge in [0.05, 0.1) is 0 Å². The van der Waals surface area contributed by atoms with E-state index in [1.165, 1.54) is 14.2 Å². The van der Waals surface area contributed by atoms with Crippen LogP contribution in [0.1, 0.15) is 6.92 Å². The Morgan fingerprint density at radius 2 is 2.07 bits per heavy atom. The largest absolute Gasteiger partial charge is 0.428 e. The summed E-state index contributed by atoms with van der Waals surface area (Å²) in [5.41, 5.74) is -0.715. The molecule has 5 nitrogen and oxygen atoms in total. The first-order chi connectivity index (χ1) is 7.08. The smallest absolute Gasteiger partial charge is 0.323 e. The van der Waals surface area contributed by atoms with Crippen LogP contribution in [-0.4, -0.2) is 37.7 Å². The molecule has 0 aromatic carbocycles. The van der Waals surface area contributed by atoms with Gasteiger partial charge in [-0.2, -0.15) is 0 Å². The van der Waals surface area contributed by atoms with Gasteiger partial charge in [-0.25, -0.2) is 0 Å². The summed E-state index contributed by atoms with van der Waals surface area (Å²) in [6, 6.07) is 0. The zero-order valence-corrected chi connectivity index (χ0v) is 8.77. The zero-order valence-electron chi connectivity index (χ0n) is 8.77. The van der Waals surface area contributed by atoms with Gasteiger partial charge >= 0.3 is 5.97 Å². The Balaban J connectivity index is 2.18. The van der Waals surface area contributed by atoms with Gasteiger partial charge in [0.2, 0.25) is 5.79 Å². The molecule has 3 aliphatic heterocycles. The first-order valence-corrected chi connectivity index (χ1v) is 4.80. The van der Waals surface area contributed by atoms with Crippen molar-refractivity contribution in [1.29, 1.82) is 0 Å². The molecule has 15 heavy (non-hydrogen) atoms. The van der Waals surface area contributed by atoms with Gasteiger partial charge in [0.1, 0.15) is 23.4 Å². The first-order valence-electron chi connectivity index (χ1n) is 4.80. The van der Waals surface area contributed by atoms with Crippen molar-refractivity contribution >= 4 is 5.97 Å². The number of hydrogen-bond donors (Lipinski definition) is 0. The lowest BCUT2D eigenvalue weighted by Crippen LogP contribution is -2.52. The highest BCUT2D eigenvalue weighted by Crippen LogP contribution is 2.59. The lowest BCUT2D eigenvalue weighted by molar-refractivity contribution is -0.240. The molecule has 82 valence electrons. The Labute approximate surface area is 86.9 Å². The second-order valence-corrected chi connectivity index (χ2v) is 4.16. The first kappa shape index (κ1) is 9.33. The van der Waals surface area contributed by atoms with E-state index in [-0.39, 0.29) is 12.1 Å². The summed E-state index contributed by atoms with van der Waals surface area (Å²) < 4.78 is 21.6. The molecule has 0 spiro atoms. The van der Waals surface area contributed by atoms with Crippen molar-refractivity contribution in [3.8, 4) is 0 Å². The third-order valence-corrected chi connectivity index (χ3v) is 3.60. The summed E-state index contributed by atoms with van der Waals surface area (Å²) in [6.45, 7) is 1.83. The predicted octanol–water partition coefficient (Wildman–Crippen LogP) is 0.204. The quantitative estimate of drug-likeness (QED) is 0.483. The maximum absolute atomic E-state index is 11.7. The second-order valence-electron chi connectivity index (χ2n) is 4.16. The van der Waals surface area contributed by atoms with Gasteiger partial charge in [-0.15, -0.1) is 0 Å². The molecular formula is C10H12O5. The fourth-order valence-corrected chi connectivity index (χ4v) is 2.86. The number of methoxy groups -OCH3 is 2. The maximum atomic E-state index is 11.7. The zero-order chi connectivity index (χ0) is 10.8. The van der Waals surface area contributed by atoms with Crippen molar-refractivity contribution in [2.45, 2.75) is 24.4 Å². The standard InChI is InChI=1S/C10H12O5/c1-9-5-4-6(15-9)10(12-2,13-3)7(9)8(11)14-5/h4,6-7H,1-3H3/t6-,7-,9+/m1/s1. The molecule has 2 bridgehead atoms. The van der Waals surface area contributed by atoms with Crippen LogP contribution >= 0.6 is 0 Å². The molecule has 0 aromatic rings. The molecule has 0 saturated carbocycles. The molecule has 0 amide bonds. The Kier molecular flexibility index (Phi) is 1.51. The second kappa shape index (κ2) is 2.42. The third kappa shape index (κ3) is 0.758. The number of carbonyl (C=O) groups excluding carboxylic acids is 1. The predicted molar refractivity (Wildman–Crippen MR) is 47.7 cm³/mol. The average Bonchev–Trinajstić information content (AvgIpc) is 2.68. The monoisotopic (exact) mass is 212 g/mol. The number of carbonyl (C=O) groups is 1. The van der Waals surface area contributed by atoms with Gasteiger partial charge in [-0.05, 0) is 13.0 Å². The van der Waals surface area contributed by atoms with E-state index in [4.69, 9.17) is 18.9 Å². The molecule has 2 fully saturated rings. The van der Waals surface area contributed by atoms with E-state index in [9.17, 15) is 4.79 Å². The maximum Gasteiger partial charge on any atom is 0.323 e. The highest BCUT2D eigenvalue weighted by atomic mass is 16.7. The number of rotatable bonds is 2. The van der Waals surface area contributed by atoms with Crippen LogP contribution < -0.4 is 0 Å². The molecule has 3 heterocycles. The summed E-state index contributed by atoms with van der Waals surface area (Å²) in [4.78, 5) is 11.7. The molecule has 0 radical (unpaired) electrons. The Morgan fingerprint density at radius 1 is 1.40 bits per heavy atom. The van der Waals surface area contributed by atoms with Crippen LogP contribution in [0.25, 0.3) is 0 Å². The topological polar surface area (TPSA) is 54.0 Å². The molecule has 3 rings (SSSR count). The normalized spacial score (nSPS) is 44.5. The molecule has 5 heteroatoms. The Bertz CT molecular complexity index is 370. The van der Waals surface area contributed by atoms with E-state index >= 15 is 0 Å². The molecule has 0 aliphatic carbocycles. The summed E-state index contributed by atoms with van der Waals surface area (Å²) in [7, 11) is 3.02. The van der Waals surface area contributed by atoms with Crippen LogP contribution in [0.5, 0.6) is 0 Å². The van der Waals surface area contributed by atoms with Crippen molar-refractivity contribution in [1.82, 2.24) is 0 Å². The van der Waals surface area contributed by atoms with E-state index in [1.54, 1.807) is 6.08 Å². The van der Waals surface area contributed by atoms with Crippen molar-refractivity contribution in [3.63, 3.8) is 0 Å². The van der Waals surface area contributed by atoms with E-state index in [1.807, 2.05) is 6.92 Å². The molecule has 0 unspecified atom stereocenters. The summed E-state index contributed by atoms with van der Waals surface area (Å²) in [5.74, 6) is -1.32. The minimum atomic E-state index is -1.04. The Morgan fingerprint density at radius 3 is 2.67 bits per heavy atom. The van der Waals surface area contributed by atoms with Gasteiger partial charge in [0, 0.05) is 14.2 Å². The lowest BCUT2D eigenvalue weighted by Gasteiger charge is -2.33. The minimum Gasteiger partial charge on any atom is -0.428 e. The molecule has 0 N–H and O–H groups in total. The fourth-order valence-electron chi connectivity index (χ4n) is 2.86. The number of ether oxygens (including phenoxy) is 4. The highest BCUT2D eigenvalue weighted by molar-refractivity contribution is 5.83. The van der Waals surface area contributed by atoms with E-state index < -0.39 is 17.3 Å². The van der Waals surface area contributed by atoms with E-state index in [0.29, 0.717) is 5.76 Å². The van der Waals surface area contributed by atoms with Crippen molar-refractivity contribution in [2.75, 3.05) is 14.2 Å². The Hall–Kier alpha value is -0.910.